The number of morpholine rings is 1. The van der Waals surface area contributed by atoms with Crippen LogP contribution in [0.15, 0.2) is 60.8 Å². The molecule has 1 aliphatic heterocycles. The third-order valence-corrected chi connectivity index (χ3v) is 7.28. The molecule has 0 aliphatic carbocycles. The van der Waals surface area contributed by atoms with E-state index in [9.17, 15) is 0 Å². The fourth-order valence-corrected chi connectivity index (χ4v) is 5.29. The van der Waals surface area contributed by atoms with Crippen molar-refractivity contribution in [1.29, 1.82) is 0 Å². The van der Waals surface area contributed by atoms with Gasteiger partial charge >= 0.3 is 0 Å². The van der Waals surface area contributed by atoms with Gasteiger partial charge < -0.3 is 10.1 Å². The van der Waals surface area contributed by atoms with Gasteiger partial charge in [0.15, 0.2) is 5.65 Å². The van der Waals surface area contributed by atoms with Crippen molar-refractivity contribution >= 4 is 11.5 Å². The van der Waals surface area contributed by atoms with Gasteiger partial charge in [-0.15, -0.1) is 10.2 Å². The number of nitrogens with one attached hydrogen (secondary N) is 2. The van der Waals surface area contributed by atoms with Crippen molar-refractivity contribution in [2.45, 2.75) is 39.3 Å². The highest BCUT2D eigenvalue weighted by atomic mass is 16.5. The number of anilines is 1. The molecular formula is C29H33N9O. The molecule has 3 aromatic heterocycles. The lowest BCUT2D eigenvalue weighted by Crippen LogP contribution is -2.46. The van der Waals surface area contributed by atoms with Crippen molar-refractivity contribution in [3.63, 3.8) is 0 Å². The predicted octanol–water partition coefficient (Wildman–Crippen LogP) is 4.21. The van der Waals surface area contributed by atoms with E-state index in [1.54, 1.807) is 0 Å². The summed E-state index contributed by atoms with van der Waals surface area (Å²) in [6, 6.07) is 18.8. The maximum absolute atomic E-state index is 5.58. The summed E-state index contributed by atoms with van der Waals surface area (Å²) in [5.41, 5.74) is 7.35. The Kier molecular flexibility index (Phi) is 7.29. The first-order valence-electron chi connectivity index (χ1n) is 13.6. The van der Waals surface area contributed by atoms with Gasteiger partial charge in [0.1, 0.15) is 5.82 Å². The average molecular weight is 524 g/mol. The third kappa shape index (κ3) is 5.25. The smallest absolute Gasteiger partial charge is 0.205 e. The van der Waals surface area contributed by atoms with E-state index in [0.29, 0.717) is 12.2 Å². The number of hydrogen-bond acceptors (Lipinski definition) is 8. The number of ether oxygens (including phenoxy) is 1. The molecular weight excluding hydrogens is 490 g/mol. The first kappa shape index (κ1) is 25.1. The molecule has 10 nitrogen and oxygen atoms in total. The van der Waals surface area contributed by atoms with Gasteiger partial charge in [-0.25, -0.2) is 4.98 Å². The lowest BCUT2D eigenvalue weighted by molar-refractivity contribution is 0.0253. The van der Waals surface area contributed by atoms with E-state index in [2.05, 4.69) is 80.1 Å². The second-order valence-electron chi connectivity index (χ2n) is 9.86. The SMILES string of the molecule is CCCc1nc2ccnn2c(NC(C)N2CCOCC2)c1Cc1ccc(-c2ccccc2)c(-c2nn[nH]n2)c1. The van der Waals surface area contributed by atoms with Crippen LogP contribution in [0, 0.1) is 0 Å². The third-order valence-electron chi connectivity index (χ3n) is 7.28. The van der Waals surface area contributed by atoms with Crippen LogP contribution in [-0.2, 0) is 17.6 Å². The van der Waals surface area contributed by atoms with E-state index in [1.807, 2.05) is 35.0 Å². The van der Waals surface area contributed by atoms with E-state index in [1.165, 1.54) is 0 Å². The zero-order valence-electron chi connectivity index (χ0n) is 22.3. The zero-order valence-corrected chi connectivity index (χ0v) is 22.3. The van der Waals surface area contributed by atoms with Crippen molar-refractivity contribution < 1.29 is 4.74 Å². The van der Waals surface area contributed by atoms with Gasteiger partial charge in [0.05, 0.1) is 31.3 Å². The largest absolute Gasteiger partial charge is 0.379 e. The molecule has 0 saturated carbocycles. The van der Waals surface area contributed by atoms with Crippen LogP contribution in [0.5, 0.6) is 0 Å². The number of tetrazole rings is 1. The highest BCUT2D eigenvalue weighted by Crippen LogP contribution is 2.33. The minimum atomic E-state index is 0.118. The maximum Gasteiger partial charge on any atom is 0.205 e. The molecule has 1 fully saturated rings. The first-order valence-corrected chi connectivity index (χ1v) is 13.6. The Bertz CT molecular complexity index is 1530. The van der Waals surface area contributed by atoms with E-state index in [4.69, 9.17) is 9.72 Å². The second kappa shape index (κ2) is 11.3. The Morgan fingerprint density at radius 3 is 2.67 bits per heavy atom. The predicted molar refractivity (Wildman–Crippen MR) is 150 cm³/mol. The first-order chi connectivity index (χ1) is 19.2. The lowest BCUT2D eigenvalue weighted by atomic mass is 9.94. The maximum atomic E-state index is 5.58. The van der Waals surface area contributed by atoms with Crippen LogP contribution in [-0.4, -0.2) is 72.6 Å². The summed E-state index contributed by atoms with van der Waals surface area (Å²) in [7, 11) is 0. The Hall–Kier alpha value is -4.15. The number of aromatic nitrogens is 7. The van der Waals surface area contributed by atoms with Gasteiger partial charge in [-0.2, -0.15) is 14.8 Å². The van der Waals surface area contributed by atoms with Crippen LogP contribution in [0.25, 0.3) is 28.2 Å². The monoisotopic (exact) mass is 523 g/mol. The normalized spacial score (nSPS) is 15.0. The zero-order chi connectivity index (χ0) is 26.6. The van der Waals surface area contributed by atoms with Gasteiger partial charge in [-0.3, -0.25) is 4.90 Å². The van der Waals surface area contributed by atoms with Gasteiger partial charge in [-0.05, 0) is 41.3 Å². The minimum absolute atomic E-state index is 0.118. The Morgan fingerprint density at radius 1 is 1.05 bits per heavy atom. The van der Waals surface area contributed by atoms with E-state index in [-0.39, 0.29) is 6.17 Å². The molecule has 1 unspecified atom stereocenters. The summed E-state index contributed by atoms with van der Waals surface area (Å²) in [5, 5.41) is 23.5. The summed E-state index contributed by atoms with van der Waals surface area (Å²) in [6.45, 7) is 7.69. The van der Waals surface area contributed by atoms with Gasteiger partial charge in [0.25, 0.3) is 0 Å². The fraction of sp³-hybridized carbons (Fsp3) is 0.345. The molecule has 0 amide bonds. The number of benzene rings is 2. The highest BCUT2D eigenvalue weighted by Gasteiger charge is 2.22. The van der Waals surface area contributed by atoms with Crippen LogP contribution >= 0.6 is 0 Å². The summed E-state index contributed by atoms with van der Waals surface area (Å²) >= 11 is 0. The summed E-state index contributed by atoms with van der Waals surface area (Å²) in [5.74, 6) is 1.56. The number of aromatic amines is 1. The number of aryl methyl sites for hydroxylation is 1. The molecule has 200 valence electrons. The number of H-pyrrole nitrogens is 1. The molecule has 1 aliphatic rings. The number of rotatable bonds is 9. The minimum Gasteiger partial charge on any atom is -0.379 e. The molecule has 6 rings (SSSR count). The van der Waals surface area contributed by atoms with Crippen molar-refractivity contribution in [2.24, 2.45) is 0 Å². The van der Waals surface area contributed by atoms with Gasteiger partial charge in [0, 0.05) is 36.7 Å². The number of fused-ring (bicyclic) bond motifs is 1. The Labute approximate surface area is 227 Å². The molecule has 1 saturated heterocycles. The molecule has 10 heteroatoms. The van der Waals surface area contributed by atoms with Crippen LogP contribution in [0.2, 0.25) is 0 Å². The van der Waals surface area contributed by atoms with Crippen molar-refractivity contribution in [2.75, 3.05) is 31.6 Å². The topological polar surface area (TPSA) is 109 Å². The van der Waals surface area contributed by atoms with Gasteiger partial charge in [-0.1, -0.05) is 55.8 Å². The molecule has 4 heterocycles. The Balaban J connectivity index is 1.43. The molecule has 1 atom stereocenters. The van der Waals surface area contributed by atoms with E-state index in [0.717, 1.165) is 84.1 Å². The van der Waals surface area contributed by atoms with E-state index >= 15 is 0 Å². The second-order valence-corrected chi connectivity index (χ2v) is 9.86. The lowest BCUT2D eigenvalue weighted by Gasteiger charge is -2.33. The molecule has 0 radical (unpaired) electrons. The van der Waals surface area contributed by atoms with Crippen LogP contribution in [0.1, 0.15) is 37.1 Å². The van der Waals surface area contributed by atoms with E-state index < -0.39 is 0 Å². The molecule has 0 bridgehead atoms. The van der Waals surface area contributed by atoms with Crippen LogP contribution in [0.4, 0.5) is 5.82 Å². The summed E-state index contributed by atoms with van der Waals surface area (Å²) in [6.07, 6.45) is 4.51. The number of hydrogen-bond donors (Lipinski definition) is 2. The fourth-order valence-electron chi connectivity index (χ4n) is 5.29. The van der Waals surface area contributed by atoms with Crippen molar-refractivity contribution in [3.8, 4) is 22.5 Å². The van der Waals surface area contributed by atoms with Crippen LogP contribution in [0.3, 0.4) is 0 Å². The van der Waals surface area contributed by atoms with Crippen LogP contribution < -0.4 is 5.32 Å². The molecule has 2 aromatic carbocycles. The summed E-state index contributed by atoms with van der Waals surface area (Å²) < 4.78 is 7.52. The molecule has 2 N–H and O–H groups in total. The molecule has 0 spiro atoms. The highest BCUT2D eigenvalue weighted by molar-refractivity contribution is 5.81. The standard InChI is InChI=1S/C29H33N9O/c1-3-7-26-25(29(38-27(32-26)12-13-30-38)31-20(2)37-14-16-39-17-15-37)19-21-10-11-23(22-8-5-4-6-9-22)24(18-21)28-33-35-36-34-28/h4-6,8-13,18,20,31H,3,7,14-17,19H2,1-2H3,(H,33,34,35,36). The average Bonchev–Trinajstić information content (AvgIpc) is 3.68. The van der Waals surface area contributed by atoms with Crippen molar-refractivity contribution in [3.05, 3.63) is 77.6 Å². The Morgan fingerprint density at radius 2 is 1.90 bits per heavy atom. The molecule has 5 aromatic rings. The number of nitrogens with zero attached hydrogens (tertiary/aromatic N) is 7. The van der Waals surface area contributed by atoms with Crippen molar-refractivity contribution in [1.82, 2.24) is 40.1 Å². The summed E-state index contributed by atoms with van der Waals surface area (Å²) in [4.78, 5) is 7.43. The quantitative estimate of drug-likeness (QED) is 0.296. The van der Waals surface area contributed by atoms with Gasteiger partial charge in [0.2, 0.25) is 5.82 Å². The molecule has 39 heavy (non-hydrogen) atoms.